The molecular weight excluding hydrogens is 278 g/mol. The van der Waals surface area contributed by atoms with Crippen LogP contribution in [0.3, 0.4) is 0 Å². The highest BCUT2D eigenvalue weighted by Gasteiger charge is 2.22. The number of nitrogens with zero attached hydrogens (tertiary/aromatic N) is 3. The van der Waals surface area contributed by atoms with Gasteiger partial charge in [-0.3, -0.25) is 10.2 Å². The van der Waals surface area contributed by atoms with E-state index >= 15 is 0 Å². The molecule has 22 heavy (non-hydrogen) atoms. The van der Waals surface area contributed by atoms with Crippen LogP contribution in [0, 0.1) is 0 Å². The monoisotopic (exact) mass is 293 g/mol. The van der Waals surface area contributed by atoms with Crippen LogP contribution in [0.1, 0.15) is 28.2 Å². The van der Waals surface area contributed by atoms with Crippen molar-refractivity contribution >= 4 is 16.9 Å². The number of nitrogens with one attached hydrogen (secondary N) is 1. The number of carbonyl (C=O) groups excluding carboxylic acids is 1. The van der Waals surface area contributed by atoms with Crippen molar-refractivity contribution in [3.8, 4) is 5.69 Å². The lowest BCUT2D eigenvalue weighted by atomic mass is 10.1. The topological polar surface area (TPSA) is 85.8 Å². The quantitative estimate of drug-likeness (QED) is 0.426. The van der Waals surface area contributed by atoms with Gasteiger partial charge >= 0.3 is 0 Å². The van der Waals surface area contributed by atoms with Gasteiger partial charge in [0.05, 0.1) is 11.1 Å². The molecule has 0 fully saturated rings. The zero-order chi connectivity index (χ0) is 15.1. The molecule has 2 aromatic heterocycles. The summed E-state index contributed by atoms with van der Waals surface area (Å²) in [7, 11) is 0. The normalized spacial score (nSPS) is 13.3. The Morgan fingerprint density at radius 2 is 2.05 bits per heavy atom. The summed E-state index contributed by atoms with van der Waals surface area (Å²) in [5, 5.41) is 5.18. The number of rotatable bonds is 2. The zero-order valence-electron chi connectivity index (χ0n) is 11.9. The van der Waals surface area contributed by atoms with Crippen molar-refractivity contribution in [1.82, 2.24) is 20.2 Å². The Kier molecular flexibility index (Phi) is 2.90. The molecule has 1 amide bonds. The summed E-state index contributed by atoms with van der Waals surface area (Å²) < 4.78 is 1.71. The predicted molar refractivity (Wildman–Crippen MR) is 82.5 cm³/mol. The smallest absolute Gasteiger partial charge is 0.286 e. The largest absolute Gasteiger partial charge is 0.289 e. The van der Waals surface area contributed by atoms with Crippen molar-refractivity contribution < 1.29 is 4.79 Å². The minimum Gasteiger partial charge on any atom is -0.289 e. The summed E-state index contributed by atoms with van der Waals surface area (Å²) in [6.45, 7) is 0. The van der Waals surface area contributed by atoms with E-state index in [9.17, 15) is 4.79 Å². The van der Waals surface area contributed by atoms with Gasteiger partial charge < -0.3 is 0 Å². The number of hydrazine groups is 1. The van der Waals surface area contributed by atoms with Crippen LogP contribution in [0.5, 0.6) is 0 Å². The molecule has 0 bridgehead atoms. The van der Waals surface area contributed by atoms with Gasteiger partial charge in [0.25, 0.3) is 5.91 Å². The lowest BCUT2D eigenvalue weighted by Crippen LogP contribution is -2.30. The fraction of sp³-hybridized carbons (Fsp3) is 0.188. The van der Waals surface area contributed by atoms with Crippen LogP contribution >= 0.6 is 0 Å². The second-order valence-corrected chi connectivity index (χ2v) is 5.39. The van der Waals surface area contributed by atoms with Crippen LogP contribution in [-0.2, 0) is 12.8 Å². The Labute approximate surface area is 126 Å². The minimum atomic E-state index is -0.403. The molecule has 2 heterocycles. The first kappa shape index (κ1) is 13.0. The average Bonchev–Trinajstić information content (AvgIpc) is 3.16. The van der Waals surface area contributed by atoms with Gasteiger partial charge in [0.2, 0.25) is 0 Å². The van der Waals surface area contributed by atoms with Crippen LogP contribution in [-0.4, -0.2) is 20.7 Å². The Balaban J connectivity index is 2.03. The van der Waals surface area contributed by atoms with E-state index in [0.717, 1.165) is 36.0 Å². The van der Waals surface area contributed by atoms with Crippen molar-refractivity contribution in [2.75, 3.05) is 0 Å². The first-order valence-corrected chi connectivity index (χ1v) is 7.26. The predicted octanol–water partition coefficient (Wildman–Crippen LogP) is 1.51. The molecule has 0 saturated heterocycles. The van der Waals surface area contributed by atoms with E-state index in [1.165, 1.54) is 5.56 Å². The van der Waals surface area contributed by atoms with Gasteiger partial charge in [-0.25, -0.2) is 15.5 Å². The third-order valence-corrected chi connectivity index (χ3v) is 4.03. The Hall–Kier alpha value is -2.73. The molecule has 1 aromatic carbocycles. The molecule has 0 aliphatic heterocycles. The fourth-order valence-corrected chi connectivity index (χ4v) is 2.98. The summed E-state index contributed by atoms with van der Waals surface area (Å²) in [5.74, 6) is 4.88. The maximum absolute atomic E-state index is 12.0. The van der Waals surface area contributed by atoms with E-state index in [0.29, 0.717) is 11.3 Å². The summed E-state index contributed by atoms with van der Waals surface area (Å²) in [6, 6.07) is 11.7. The van der Waals surface area contributed by atoms with Gasteiger partial charge in [0.15, 0.2) is 11.3 Å². The summed E-state index contributed by atoms with van der Waals surface area (Å²) in [4.78, 5) is 16.8. The van der Waals surface area contributed by atoms with E-state index in [2.05, 4.69) is 10.5 Å². The van der Waals surface area contributed by atoms with Gasteiger partial charge in [-0.1, -0.05) is 18.2 Å². The SMILES string of the molecule is NNC(=O)c1nn(-c2ccccc2)c2nc3c(cc12)CCC3. The highest BCUT2D eigenvalue weighted by atomic mass is 16.2. The van der Waals surface area contributed by atoms with Crippen LogP contribution in [0.25, 0.3) is 16.7 Å². The number of aryl methyl sites for hydroxylation is 2. The Bertz CT molecular complexity index is 869. The maximum atomic E-state index is 12.0. The average molecular weight is 293 g/mol. The van der Waals surface area contributed by atoms with E-state index in [1.54, 1.807) is 4.68 Å². The highest BCUT2D eigenvalue weighted by molar-refractivity contribution is 6.04. The van der Waals surface area contributed by atoms with Crippen molar-refractivity contribution in [3.05, 3.63) is 53.3 Å². The van der Waals surface area contributed by atoms with Gasteiger partial charge in [0, 0.05) is 5.69 Å². The molecule has 110 valence electrons. The summed E-state index contributed by atoms with van der Waals surface area (Å²) >= 11 is 0. The number of hydrogen-bond donors (Lipinski definition) is 2. The summed E-state index contributed by atoms with van der Waals surface area (Å²) in [5.41, 5.74) is 6.34. The second-order valence-electron chi connectivity index (χ2n) is 5.39. The standard InChI is InChI=1S/C16H15N5O/c17-19-16(22)14-12-9-10-5-4-8-13(10)18-15(12)21(20-14)11-6-2-1-3-7-11/h1-3,6-7,9H,4-5,8,17H2,(H,19,22). The zero-order valence-corrected chi connectivity index (χ0v) is 11.9. The van der Waals surface area contributed by atoms with Gasteiger partial charge in [-0.15, -0.1) is 0 Å². The molecule has 6 nitrogen and oxygen atoms in total. The number of benzene rings is 1. The van der Waals surface area contributed by atoms with E-state index < -0.39 is 5.91 Å². The maximum Gasteiger partial charge on any atom is 0.286 e. The molecule has 6 heteroatoms. The minimum absolute atomic E-state index is 0.309. The molecular formula is C16H15N5O. The molecule has 1 aliphatic rings. The molecule has 0 radical (unpaired) electrons. The Morgan fingerprint density at radius 3 is 2.82 bits per heavy atom. The number of hydrogen-bond acceptors (Lipinski definition) is 4. The Morgan fingerprint density at radius 1 is 1.23 bits per heavy atom. The molecule has 0 saturated carbocycles. The van der Waals surface area contributed by atoms with E-state index in [1.807, 2.05) is 36.4 Å². The summed E-state index contributed by atoms with van der Waals surface area (Å²) in [6.07, 6.45) is 3.08. The number of fused-ring (bicyclic) bond motifs is 2. The molecule has 3 N–H and O–H groups in total. The molecule has 3 aromatic rings. The third-order valence-electron chi connectivity index (χ3n) is 4.03. The first-order chi connectivity index (χ1) is 10.8. The van der Waals surface area contributed by atoms with Crippen LogP contribution in [0.15, 0.2) is 36.4 Å². The molecule has 0 atom stereocenters. The van der Waals surface area contributed by atoms with Crippen LogP contribution in [0.2, 0.25) is 0 Å². The second kappa shape index (κ2) is 4.92. The fourth-order valence-electron chi connectivity index (χ4n) is 2.98. The van der Waals surface area contributed by atoms with E-state index in [4.69, 9.17) is 10.8 Å². The number of carbonyl (C=O) groups is 1. The molecule has 0 unspecified atom stereocenters. The number of pyridine rings is 1. The number of amides is 1. The molecule has 1 aliphatic carbocycles. The number of para-hydroxylation sites is 1. The number of nitrogen functional groups attached to an aromatic ring is 1. The van der Waals surface area contributed by atoms with Crippen LogP contribution in [0.4, 0.5) is 0 Å². The van der Waals surface area contributed by atoms with Crippen molar-refractivity contribution in [2.24, 2.45) is 5.84 Å². The van der Waals surface area contributed by atoms with E-state index in [-0.39, 0.29) is 0 Å². The number of nitrogens with two attached hydrogens (primary N) is 1. The first-order valence-electron chi connectivity index (χ1n) is 7.26. The van der Waals surface area contributed by atoms with Crippen molar-refractivity contribution in [2.45, 2.75) is 19.3 Å². The lowest BCUT2D eigenvalue weighted by Gasteiger charge is -2.03. The van der Waals surface area contributed by atoms with Crippen LogP contribution < -0.4 is 11.3 Å². The molecule has 0 spiro atoms. The van der Waals surface area contributed by atoms with Crippen molar-refractivity contribution in [1.29, 1.82) is 0 Å². The number of aromatic nitrogens is 3. The van der Waals surface area contributed by atoms with Crippen molar-refractivity contribution in [3.63, 3.8) is 0 Å². The molecule has 4 rings (SSSR count). The third kappa shape index (κ3) is 1.88. The highest BCUT2D eigenvalue weighted by Crippen LogP contribution is 2.28. The van der Waals surface area contributed by atoms with Gasteiger partial charge in [0.1, 0.15) is 0 Å². The van der Waals surface area contributed by atoms with Gasteiger partial charge in [-0.05, 0) is 43.0 Å². The lowest BCUT2D eigenvalue weighted by molar-refractivity contribution is 0.0950. The van der Waals surface area contributed by atoms with Gasteiger partial charge in [-0.2, -0.15) is 5.10 Å².